The van der Waals surface area contributed by atoms with Crippen LogP contribution in [-0.4, -0.2) is 55.4 Å². The number of nitrogens with zero attached hydrogens (tertiary/aromatic N) is 5. The summed E-state index contributed by atoms with van der Waals surface area (Å²) in [5, 5.41) is 16.0. The molecule has 0 spiro atoms. The van der Waals surface area contributed by atoms with E-state index in [1.807, 2.05) is 23.9 Å². The van der Waals surface area contributed by atoms with Gasteiger partial charge in [-0.05, 0) is 51.6 Å². The highest BCUT2D eigenvalue weighted by Crippen LogP contribution is 2.33. The molecule has 9 nitrogen and oxygen atoms in total. The SMILES string of the molecule is CC(Oc1ccc2[nH]nc(C(=O)Nc3cnn(CC4CCCCN4C)c3)c2c1)c1c(Cl)cncc1Cl. The maximum Gasteiger partial charge on any atom is 0.276 e. The lowest BCUT2D eigenvalue weighted by Gasteiger charge is -2.32. The van der Waals surface area contributed by atoms with E-state index >= 15 is 0 Å². The Kier molecular flexibility index (Phi) is 7.13. The zero-order valence-electron chi connectivity index (χ0n) is 20.0. The summed E-state index contributed by atoms with van der Waals surface area (Å²) in [6, 6.07) is 5.84. The number of hydrogen-bond donors (Lipinski definition) is 2. The number of H-pyrrole nitrogens is 1. The van der Waals surface area contributed by atoms with Crippen molar-refractivity contribution in [2.45, 2.75) is 44.9 Å². The lowest BCUT2D eigenvalue weighted by molar-refractivity contribution is 0.102. The van der Waals surface area contributed by atoms with E-state index in [2.05, 4.69) is 37.5 Å². The van der Waals surface area contributed by atoms with Gasteiger partial charge in [-0.1, -0.05) is 29.6 Å². The number of aromatic amines is 1. The number of ether oxygens (including phenoxy) is 1. The minimum Gasteiger partial charge on any atom is -0.486 e. The van der Waals surface area contributed by atoms with Gasteiger partial charge in [0.2, 0.25) is 0 Å². The zero-order valence-corrected chi connectivity index (χ0v) is 21.6. The molecule has 36 heavy (non-hydrogen) atoms. The Bertz CT molecular complexity index is 1370. The smallest absolute Gasteiger partial charge is 0.276 e. The van der Waals surface area contributed by atoms with Crippen molar-refractivity contribution < 1.29 is 9.53 Å². The van der Waals surface area contributed by atoms with E-state index in [0.717, 1.165) is 25.0 Å². The molecule has 5 rings (SSSR count). The van der Waals surface area contributed by atoms with Crippen LogP contribution in [0.4, 0.5) is 5.69 Å². The van der Waals surface area contributed by atoms with E-state index in [9.17, 15) is 4.79 Å². The second-order valence-electron chi connectivity index (χ2n) is 9.09. The first kappa shape index (κ1) is 24.5. The van der Waals surface area contributed by atoms with Crippen LogP contribution in [0.15, 0.2) is 43.0 Å². The van der Waals surface area contributed by atoms with Gasteiger partial charge in [0.05, 0.1) is 34.0 Å². The van der Waals surface area contributed by atoms with Crippen LogP contribution >= 0.6 is 23.2 Å². The molecule has 0 radical (unpaired) electrons. The molecule has 1 aliphatic rings. The predicted octanol–water partition coefficient (Wildman–Crippen LogP) is 5.34. The van der Waals surface area contributed by atoms with Crippen molar-refractivity contribution in [3.05, 3.63) is 64.3 Å². The van der Waals surface area contributed by atoms with Crippen LogP contribution in [0.2, 0.25) is 10.0 Å². The minimum absolute atomic E-state index is 0.267. The molecule has 4 heterocycles. The molecule has 1 saturated heterocycles. The lowest BCUT2D eigenvalue weighted by Crippen LogP contribution is -2.39. The lowest BCUT2D eigenvalue weighted by atomic mass is 10.0. The third-order valence-electron chi connectivity index (χ3n) is 6.57. The third kappa shape index (κ3) is 5.18. The maximum atomic E-state index is 13.1. The van der Waals surface area contributed by atoms with Crippen LogP contribution in [0.3, 0.4) is 0 Å². The number of hydrogen-bond acceptors (Lipinski definition) is 6. The highest BCUT2D eigenvalue weighted by atomic mass is 35.5. The number of aromatic nitrogens is 5. The molecule has 3 aromatic heterocycles. The van der Waals surface area contributed by atoms with Crippen molar-refractivity contribution >= 4 is 45.7 Å². The zero-order chi connectivity index (χ0) is 25.2. The van der Waals surface area contributed by atoms with Crippen molar-refractivity contribution in [3.8, 4) is 5.75 Å². The highest BCUT2D eigenvalue weighted by molar-refractivity contribution is 6.35. The number of anilines is 1. The number of piperidine rings is 1. The fourth-order valence-electron chi connectivity index (χ4n) is 4.62. The molecule has 2 unspecified atom stereocenters. The van der Waals surface area contributed by atoms with Gasteiger partial charge in [0.15, 0.2) is 5.69 Å². The van der Waals surface area contributed by atoms with Crippen LogP contribution < -0.4 is 10.1 Å². The van der Waals surface area contributed by atoms with Gasteiger partial charge >= 0.3 is 0 Å². The van der Waals surface area contributed by atoms with E-state index < -0.39 is 6.10 Å². The Morgan fingerprint density at radius 2 is 2.06 bits per heavy atom. The molecule has 1 aliphatic heterocycles. The van der Waals surface area contributed by atoms with Gasteiger partial charge in [-0.3, -0.25) is 19.6 Å². The van der Waals surface area contributed by atoms with Crippen LogP contribution in [0, 0.1) is 0 Å². The van der Waals surface area contributed by atoms with E-state index in [-0.39, 0.29) is 11.6 Å². The molecule has 2 atom stereocenters. The predicted molar refractivity (Wildman–Crippen MR) is 140 cm³/mol. The van der Waals surface area contributed by atoms with Gasteiger partial charge in [0, 0.05) is 35.6 Å². The fourth-order valence-corrected chi connectivity index (χ4v) is 5.29. The molecule has 2 N–H and O–H groups in total. The maximum absolute atomic E-state index is 13.1. The van der Waals surface area contributed by atoms with Crippen LogP contribution in [-0.2, 0) is 6.54 Å². The molecular weight excluding hydrogens is 501 g/mol. The summed E-state index contributed by atoms with van der Waals surface area (Å²) >= 11 is 12.5. The molecule has 11 heteroatoms. The number of likely N-dealkylation sites (N-methyl/N-ethyl adjacent to an activating group) is 1. The summed E-state index contributed by atoms with van der Waals surface area (Å²) in [5.41, 5.74) is 2.26. The average Bonchev–Trinajstić information content (AvgIpc) is 3.47. The first-order valence-electron chi connectivity index (χ1n) is 11.9. The van der Waals surface area contributed by atoms with E-state index in [1.165, 1.54) is 25.2 Å². The quantitative estimate of drug-likeness (QED) is 0.336. The van der Waals surface area contributed by atoms with Gasteiger partial charge in [0.25, 0.3) is 5.91 Å². The van der Waals surface area contributed by atoms with Crippen LogP contribution in [0.25, 0.3) is 10.9 Å². The summed E-state index contributed by atoms with van der Waals surface area (Å²) in [6.45, 7) is 3.75. The molecule has 0 saturated carbocycles. The monoisotopic (exact) mass is 527 g/mol. The van der Waals surface area contributed by atoms with Gasteiger partial charge in [0.1, 0.15) is 11.9 Å². The molecule has 1 amide bonds. The number of carbonyl (C=O) groups excluding carboxylic acids is 1. The summed E-state index contributed by atoms with van der Waals surface area (Å²) in [7, 11) is 2.15. The van der Waals surface area contributed by atoms with E-state index in [4.69, 9.17) is 27.9 Å². The Hall–Kier alpha value is -3.14. The number of fused-ring (bicyclic) bond motifs is 1. The topological polar surface area (TPSA) is 101 Å². The van der Waals surface area contributed by atoms with Crippen molar-refractivity contribution in [2.24, 2.45) is 0 Å². The van der Waals surface area contributed by atoms with Crippen LogP contribution in [0.5, 0.6) is 5.75 Å². The van der Waals surface area contributed by atoms with E-state index in [1.54, 1.807) is 18.3 Å². The van der Waals surface area contributed by atoms with Crippen molar-refractivity contribution in [1.29, 1.82) is 0 Å². The van der Waals surface area contributed by atoms with Gasteiger partial charge < -0.3 is 15.0 Å². The first-order chi connectivity index (χ1) is 17.4. The molecule has 0 aliphatic carbocycles. The first-order valence-corrected chi connectivity index (χ1v) is 12.6. The molecular formula is C25H27Cl2N7O2. The molecule has 0 bridgehead atoms. The summed E-state index contributed by atoms with van der Waals surface area (Å²) in [6.07, 6.45) is 9.77. The Balaban J connectivity index is 1.30. The van der Waals surface area contributed by atoms with Crippen molar-refractivity contribution in [3.63, 3.8) is 0 Å². The summed E-state index contributed by atoms with van der Waals surface area (Å²) in [4.78, 5) is 19.4. The number of likely N-dealkylation sites (tertiary alicyclic amines) is 1. The van der Waals surface area contributed by atoms with E-state index in [0.29, 0.717) is 38.5 Å². The largest absolute Gasteiger partial charge is 0.486 e. The number of benzene rings is 1. The van der Waals surface area contributed by atoms with Gasteiger partial charge in [-0.2, -0.15) is 10.2 Å². The Morgan fingerprint density at radius 3 is 2.83 bits per heavy atom. The van der Waals surface area contributed by atoms with Crippen LogP contribution in [0.1, 0.15) is 48.3 Å². The summed E-state index contributed by atoms with van der Waals surface area (Å²) < 4.78 is 7.97. The number of rotatable bonds is 7. The third-order valence-corrected chi connectivity index (χ3v) is 7.17. The average molecular weight is 528 g/mol. The second-order valence-corrected chi connectivity index (χ2v) is 9.91. The number of carbonyl (C=O) groups is 1. The van der Waals surface area contributed by atoms with Crippen molar-refractivity contribution in [2.75, 3.05) is 18.9 Å². The summed E-state index contributed by atoms with van der Waals surface area (Å²) in [5.74, 6) is 0.222. The molecule has 4 aromatic rings. The van der Waals surface area contributed by atoms with Crippen molar-refractivity contribution in [1.82, 2.24) is 29.9 Å². The molecule has 188 valence electrons. The standard InChI is InChI=1S/C25H27Cl2N7O2/c1-15(23-20(26)11-28-12-21(23)27)36-18-6-7-22-19(9-18)24(32-31-22)25(35)30-16-10-29-34(13-16)14-17-5-3-4-8-33(17)2/h6-7,9-13,15,17H,3-5,8,14H2,1-2H3,(H,30,35)(H,31,32). The number of pyridine rings is 1. The molecule has 1 aromatic carbocycles. The minimum atomic E-state index is -0.427. The van der Waals surface area contributed by atoms with Gasteiger partial charge in [-0.25, -0.2) is 0 Å². The molecule has 1 fully saturated rings. The Morgan fingerprint density at radius 1 is 1.25 bits per heavy atom. The number of halogens is 2. The highest BCUT2D eigenvalue weighted by Gasteiger charge is 2.21. The number of nitrogens with one attached hydrogen (secondary N) is 2. The number of amides is 1. The second kappa shape index (κ2) is 10.5. The Labute approximate surface area is 218 Å². The normalized spacial score (nSPS) is 17.3. The van der Waals surface area contributed by atoms with Gasteiger partial charge in [-0.15, -0.1) is 0 Å². The fraction of sp³-hybridized carbons (Fsp3) is 0.360.